The maximum atomic E-state index is 12.7. The first kappa shape index (κ1) is 18.9. The van der Waals surface area contributed by atoms with Crippen molar-refractivity contribution < 1.29 is 24.0 Å². The zero-order valence-corrected chi connectivity index (χ0v) is 15.7. The number of allylic oxidation sites excluding steroid dienone is 2. The summed E-state index contributed by atoms with van der Waals surface area (Å²) in [5.74, 6) is -0.794. The second kappa shape index (κ2) is 7.19. The molecule has 4 aliphatic rings. The maximum absolute atomic E-state index is 12.7. The van der Waals surface area contributed by atoms with E-state index in [1.165, 1.54) is 25.3 Å². The molecule has 5 rings (SSSR count). The van der Waals surface area contributed by atoms with Gasteiger partial charge in [0, 0.05) is 12.1 Å². The molecule has 152 valence electrons. The Morgan fingerprint density at radius 1 is 1.21 bits per heavy atom. The smallest absolute Gasteiger partial charge is 0.320 e. The topological polar surface area (TPSA) is 131 Å². The van der Waals surface area contributed by atoms with E-state index in [0.29, 0.717) is 0 Å². The molecular formula is C19H20N4O6. The summed E-state index contributed by atoms with van der Waals surface area (Å²) in [4.78, 5) is 49.2. The average molecular weight is 400 g/mol. The second-order valence-electron chi connectivity index (χ2n) is 7.38. The van der Waals surface area contributed by atoms with Crippen LogP contribution < -0.4 is 15.4 Å². The molecule has 4 amide bonds. The van der Waals surface area contributed by atoms with Crippen LogP contribution in [0.3, 0.4) is 0 Å². The highest BCUT2D eigenvalue weighted by atomic mass is 16.6. The summed E-state index contributed by atoms with van der Waals surface area (Å²) in [5, 5.41) is 15.9. The molecule has 0 radical (unpaired) electrons. The Kier molecular flexibility index (Phi) is 4.69. The number of likely N-dealkylation sites (tertiary alicyclic amines) is 1. The monoisotopic (exact) mass is 400 g/mol. The predicted molar refractivity (Wildman–Crippen MR) is 101 cm³/mol. The molecule has 10 nitrogen and oxygen atoms in total. The Hall–Kier alpha value is -3.43. The number of nitro groups is 1. The lowest BCUT2D eigenvalue weighted by Gasteiger charge is -2.38. The van der Waals surface area contributed by atoms with Crippen molar-refractivity contribution in [2.24, 2.45) is 23.7 Å². The highest BCUT2D eigenvalue weighted by molar-refractivity contribution is 6.06. The van der Waals surface area contributed by atoms with Crippen molar-refractivity contribution in [2.45, 2.75) is 12.8 Å². The zero-order chi connectivity index (χ0) is 20.7. The summed E-state index contributed by atoms with van der Waals surface area (Å²) in [6.45, 7) is -0.257. The Labute approximate surface area is 166 Å². The van der Waals surface area contributed by atoms with Gasteiger partial charge in [-0.05, 0) is 30.7 Å². The van der Waals surface area contributed by atoms with Gasteiger partial charge < -0.3 is 15.4 Å². The summed E-state index contributed by atoms with van der Waals surface area (Å²) in [6.07, 6.45) is 5.85. The van der Waals surface area contributed by atoms with Crippen LogP contribution in [0, 0.1) is 33.8 Å². The van der Waals surface area contributed by atoms with Crippen molar-refractivity contribution in [1.82, 2.24) is 10.2 Å². The number of nitrogens with zero attached hydrogens (tertiary/aromatic N) is 2. The van der Waals surface area contributed by atoms with Gasteiger partial charge in [0.25, 0.3) is 5.69 Å². The van der Waals surface area contributed by atoms with E-state index in [0.717, 1.165) is 17.7 Å². The van der Waals surface area contributed by atoms with Crippen LogP contribution in [0.25, 0.3) is 0 Å². The largest absolute Gasteiger partial charge is 0.495 e. The van der Waals surface area contributed by atoms with Crippen molar-refractivity contribution in [3.05, 3.63) is 40.5 Å². The van der Waals surface area contributed by atoms with Crippen LogP contribution in [-0.4, -0.2) is 41.4 Å². The lowest BCUT2D eigenvalue weighted by Crippen LogP contribution is -2.43. The lowest BCUT2D eigenvalue weighted by molar-refractivity contribution is -0.384. The molecule has 1 heterocycles. The Morgan fingerprint density at radius 3 is 2.34 bits per heavy atom. The molecule has 1 saturated heterocycles. The third kappa shape index (κ3) is 3.20. The highest BCUT2D eigenvalue weighted by Crippen LogP contribution is 2.49. The van der Waals surface area contributed by atoms with Crippen molar-refractivity contribution in [3.8, 4) is 5.75 Å². The molecule has 3 aliphatic carbocycles. The normalized spacial score (nSPS) is 27.0. The third-order valence-corrected chi connectivity index (χ3v) is 5.89. The molecule has 1 aromatic rings. The van der Waals surface area contributed by atoms with Crippen molar-refractivity contribution in [1.29, 1.82) is 0 Å². The number of urea groups is 1. The van der Waals surface area contributed by atoms with E-state index in [-0.39, 0.29) is 59.3 Å². The number of ether oxygens (including phenoxy) is 1. The van der Waals surface area contributed by atoms with E-state index in [4.69, 9.17) is 4.74 Å². The zero-order valence-electron chi connectivity index (χ0n) is 15.7. The number of hydrogen-bond donors (Lipinski definition) is 2. The Balaban J connectivity index is 1.42. The van der Waals surface area contributed by atoms with E-state index in [2.05, 4.69) is 10.6 Å². The fraction of sp³-hybridized carbons (Fsp3) is 0.421. The fourth-order valence-corrected chi connectivity index (χ4v) is 4.52. The minimum Gasteiger partial charge on any atom is -0.495 e. The molecule has 0 unspecified atom stereocenters. The molecule has 2 N–H and O–H groups in total. The summed E-state index contributed by atoms with van der Waals surface area (Å²) >= 11 is 0. The van der Waals surface area contributed by atoms with E-state index in [1.807, 2.05) is 12.2 Å². The molecule has 10 heteroatoms. The van der Waals surface area contributed by atoms with Crippen molar-refractivity contribution in [2.75, 3.05) is 19.1 Å². The summed E-state index contributed by atoms with van der Waals surface area (Å²) in [6, 6.07) is 3.09. The predicted octanol–water partition coefficient (Wildman–Crippen LogP) is 1.88. The van der Waals surface area contributed by atoms with Crippen LogP contribution in [0.2, 0.25) is 0 Å². The highest BCUT2D eigenvalue weighted by Gasteiger charge is 2.56. The fourth-order valence-electron chi connectivity index (χ4n) is 4.52. The Morgan fingerprint density at radius 2 is 1.83 bits per heavy atom. The SMILES string of the molecule is COc1ccc([N+](=O)[O-])cc1NC(=O)NCN1C(=O)[C@@H]2[C@@H](C1=O)[C@H]1C=C[C@H]2CC1. The maximum Gasteiger partial charge on any atom is 0.320 e. The summed E-state index contributed by atoms with van der Waals surface area (Å²) in [5.41, 5.74) is -0.104. The van der Waals surface area contributed by atoms with Gasteiger partial charge in [0.15, 0.2) is 0 Å². The first-order valence-electron chi connectivity index (χ1n) is 9.31. The number of amides is 4. The Bertz CT molecular complexity index is 897. The number of methoxy groups -OCH3 is 1. The van der Waals surface area contributed by atoms with Gasteiger partial charge in [0.2, 0.25) is 11.8 Å². The number of carbonyl (C=O) groups is 3. The van der Waals surface area contributed by atoms with Gasteiger partial charge in [-0.25, -0.2) is 4.79 Å². The standard InChI is InChI=1S/C19H20N4O6/c1-29-14-7-6-12(23(27)28)8-13(14)21-19(26)20-9-22-17(24)15-10-2-3-11(5-4-10)16(15)18(22)25/h2-3,6-8,10-11,15-16H,4-5,9H2,1H3,(H2,20,21,26)/t10-,11-,15-,16-/m0/s1. The van der Waals surface area contributed by atoms with Crippen LogP contribution in [-0.2, 0) is 9.59 Å². The first-order valence-corrected chi connectivity index (χ1v) is 9.31. The van der Waals surface area contributed by atoms with Crippen LogP contribution in [0.1, 0.15) is 12.8 Å². The molecular weight excluding hydrogens is 380 g/mol. The number of anilines is 1. The minimum absolute atomic E-state index is 0.0782. The van der Waals surface area contributed by atoms with Gasteiger partial charge in [-0.2, -0.15) is 0 Å². The number of nitro benzene ring substituents is 1. The van der Waals surface area contributed by atoms with E-state index < -0.39 is 11.0 Å². The second-order valence-corrected chi connectivity index (χ2v) is 7.38. The minimum atomic E-state index is -0.708. The van der Waals surface area contributed by atoms with Gasteiger partial charge in [-0.15, -0.1) is 0 Å². The van der Waals surface area contributed by atoms with Gasteiger partial charge in [-0.3, -0.25) is 24.6 Å². The van der Waals surface area contributed by atoms with E-state index >= 15 is 0 Å². The van der Waals surface area contributed by atoms with Crippen LogP contribution in [0.4, 0.5) is 16.2 Å². The average Bonchev–Trinajstić information content (AvgIpc) is 2.99. The number of non-ortho nitro benzene ring substituents is 1. The lowest BCUT2D eigenvalue weighted by atomic mass is 9.63. The van der Waals surface area contributed by atoms with Gasteiger partial charge in [-0.1, -0.05) is 12.2 Å². The van der Waals surface area contributed by atoms with Gasteiger partial charge in [0.05, 0.1) is 29.6 Å². The molecule has 1 aromatic carbocycles. The molecule has 0 spiro atoms. The van der Waals surface area contributed by atoms with Crippen LogP contribution in [0.15, 0.2) is 30.4 Å². The molecule has 1 saturated carbocycles. The molecule has 2 bridgehead atoms. The molecule has 0 aromatic heterocycles. The molecule has 1 aliphatic heterocycles. The number of imide groups is 1. The summed E-state index contributed by atoms with van der Waals surface area (Å²) in [7, 11) is 1.37. The molecule has 29 heavy (non-hydrogen) atoms. The van der Waals surface area contributed by atoms with Crippen molar-refractivity contribution in [3.63, 3.8) is 0 Å². The number of hydrogen-bond acceptors (Lipinski definition) is 6. The number of benzene rings is 1. The third-order valence-electron chi connectivity index (χ3n) is 5.89. The van der Waals surface area contributed by atoms with E-state index in [9.17, 15) is 24.5 Å². The molecule has 4 atom stereocenters. The molecule has 2 fully saturated rings. The quantitative estimate of drug-likeness (QED) is 0.336. The van der Waals surface area contributed by atoms with Crippen LogP contribution >= 0.6 is 0 Å². The van der Waals surface area contributed by atoms with Crippen LogP contribution in [0.5, 0.6) is 5.75 Å². The number of rotatable bonds is 5. The van der Waals surface area contributed by atoms with Gasteiger partial charge in [0.1, 0.15) is 12.4 Å². The van der Waals surface area contributed by atoms with Crippen molar-refractivity contribution >= 4 is 29.2 Å². The van der Waals surface area contributed by atoms with Gasteiger partial charge >= 0.3 is 6.03 Å². The first-order chi connectivity index (χ1) is 13.9. The number of carbonyl (C=O) groups excluding carboxylic acids is 3. The summed E-state index contributed by atoms with van der Waals surface area (Å²) < 4.78 is 5.10. The number of nitrogens with one attached hydrogen (secondary N) is 2. The number of fused-ring (bicyclic) bond motifs is 1. The van der Waals surface area contributed by atoms with E-state index in [1.54, 1.807) is 0 Å².